The molecular weight excluding hydrogens is 178 g/mol. The SMILES string of the molecule is NC(=O)c1cc(C(N)=NO)cs1. The van der Waals surface area contributed by atoms with E-state index in [2.05, 4.69) is 5.16 Å². The number of thiophene rings is 1. The van der Waals surface area contributed by atoms with Crippen LogP contribution < -0.4 is 11.5 Å². The van der Waals surface area contributed by atoms with Gasteiger partial charge >= 0.3 is 0 Å². The number of carbonyl (C=O) groups excluding carboxylic acids is 1. The average Bonchev–Trinajstić information content (AvgIpc) is 2.51. The molecule has 1 heterocycles. The Balaban J connectivity index is 2.99. The third-order valence-corrected chi connectivity index (χ3v) is 2.19. The molecule has 0 bridgehead atoms. The molecule has 0 aromatic carbocycles. The van der Waals surface area contributed by atoms with Crippen LogP contribution in [0.2, 0.25) is 0 Å². The number of primary amides is 1. The molecule has 0 spiro atoms. The molecule has 6 heteroatoms. The predicted molar refractivity (Wildman–Crippen MR) is 45.3 cm³/mol. The topological polar surface area (TPSA) is 102 Å². The first-order valence-electron chi connectivity index (χ1n) is 3.01. The third-order valence-electron chi connectivity index (χ3n) is 1.25. The molecule has 1 aromatic rings. The Kier molecular flexibility index (Phi) is 2.29. The molecule has 0 fully saturated rings. The van der Waals surface area contributed by atoms with Crippen LogP contribution in [0.15, 0.2) is 16.6 Å². The lowest BCUT2D eigenvalue weighted by molar-refractivity contribution is 0.100. The van der Waals surface area contributed by atoms with Crippen LogP contribution in [0.4, 0.5) is 0 Å². The van der Waals surface area contributed by atoms with Gasteiger partial charge in [-0.25, -0.2) is 0 Å². The Morgan fingerprint density at radius 2 is 2.25 bits per heavy atom. The minimum Gasteiger partial charge on any atom is -0.409 e. The van der Waals surface area contributed by atoms with Gasteiger partial charge in [0.15, 0.2) is 5.84 Å². The molecule has 0 aliphatic heterocycles. The van der Waals surface area contributed by atoms with Crippen LogP contribution >= 0.6 is 11.3 Å². The zero-order valence-corrected chi connectivity index (χ0v) is 6.84. The molecule has 0 radical (unpaired) electrons. The van der Waals surface area contributed by atoms with E-state index in [1.165, 1.54) is 6.07 Å². The van der Waals surface area contributed by atoms with E-state index in [4.69, 9.17) is 16.7 Å². The standard InChI is InChI=1S/C6H7N3O2S/c7-5(9-11)3-1-4(6(8)10)12-2-3/h1-2,11H,(H2,7,9)(H2,8,10). The Hall–Kier alpha value is -1.56. The smallest absolute Gasteiger partial charge is 0.258 e. The number of carbonyl (C=O) groups is 1. The fourth-order valence-corrected chi connectivity index (χ4v) is 1.41. The Labute approximate surface area is 72.3 Å². The Morgan fingerprint density at radius 1 is 1.58 bits per heavy atom. The maximum absolute atomic E-state index is 10.6. The van der Waals surface area contributed by atoms with Gasteiger partial charge in [0.2, 0.25) is 0 Å². The van der Waals surface area contributed by atoms with E-state index in [-0.39, 0.29) is 5.84 Å². The number of nitrogens with zero attached hydrogens (tertiary/aromatic N) is 1. The summed E-state index contributed by atoms with van der Waals surface area (Å²) in [6.45, 7) is 0. The van der Waals surface area contributed by atoms with Crippen molar-refractivity contribution in [1.29, 1.82) is 0 Å². The minimum atomic E-state index is -0.517. The Bertz CT molecular complexity index is 331. The van der Waals surface area contributed by atoms with Gasteiger partial charge in [-0.2, -0.15) is 0 Å². The molecular formula is C6H7N3O2S. The highest BCUT2D eigenvalue weighted by atomic mass is 32.1. The van der Waals surface area contributed by atoms with Crippen LogP contribution in [0.1, 0.15) is 15.2 Å². The van der Waals surface area contributed by atoms with Gasteiger partial charge in [-0.1, -0.05) is 5.16 Å². The molecule has 0 unspecified atom stereocenters. The van der Waals surface area contributed by atoms with E-state index in [0.717, 1.165) is 11.3 Å². The molecule has 1 aromatic heterocycles. The number of nitrogens with two attached hydrogens (primary N) is 2. The average molecular weight is 185 g/mol. The molecule has 1 amide bonds. The fraction of sp³-hybridized carbons (Fsp3) is 0. The van der Waals surface area contributed by atoms with Gasteiger partial charge in [0, 0.05) is 10.9 Å². The largest absolute Gasteiger partial charge is 0.409 e. The quantitative estimate of drug-likeness (QED) is 0.260. The van der Waals surface area contributed by atoms with Crippen LogP contribution in [0.5, 0.6) is 0 Å². The highest BCUT2D eigenvalue weighted by Gasteiger charge is 2.07. The predicted octanol–water partition coefficient (Wildman–Crippen LogP) is -0.0585. The van der Waals surface area contributed by atoms with E-state index in [0.29, 0.717) is 10.4 Å². The fourth-order valence-electron chi connectivity index (χ4n) is 0.657. The van der Waals surface area contributed by atoms with Crippen molar-refractivity contribution < 1.29 is 10.0 Å². The van der Waals surface area contributed by atoms with Gasteiger partial charge < -0.3 is 16.7 Å². The third kappa shape index (κ3) is 1.54. The first-order chi connectivity index (χ1) is 5.65. The highest BCUT2D eigenvalue weighted by Crippen LogP contribution is 2.13. The summed E-state index contributed by atoms with van der Waals surface area (Å²) in [5, 5.41) is 12.7. The first-order valence-corrected chi connectivity index (χ1v) is 3.89. The van der Waals surface area contributed by atoms with Crippen LogP contribution in [-0.4, -0.2) is 17.0 Å². The zero-order chi connectivity index (χ0) is 9.14. The summed E-state index contributed by atoms with van der Waals surface area (Å²) < 4.78 is 0. The number of oxime groups is 1. The van der Waals surface area contributed by atoms with Crippen molar-refractivity contribution in [2.75, 3.05) is 0 Å². The van der Waals surface area contributed by atoms with E-state index < -0.39 is 5.91 Å². The minimum absolute atomic E-state index is 0.0289. The second-order valence-electron chi connectivity index (χ2n) is 2.05. The van der Waals surface area contributed by atoms with E-state index in [9.17, 15) is 4.79 Å². The van der Waals surface area contributed by atoms with Gasteiger partial charge in [-0.3, -0.25) is 4.79 Å². The summed E-state index contributed by atoms with van der Waals surface area (Å²) in [6, 6.07) is 1.47. The van der Waals surface area contributed by atoms with Crippen molar-refractivity contribution in [3.05, 3.63) is 21.9 Å². The van der Waals surface area contributed by atoms with Crippen molar-refractivity contribution in [3.63, 3.8) is 0 Å². The summed E-state index contributed by atoms with van der Waals surface area (Å²) in [6.07, 6.45) is 0. The van der Waals surface area contributed by atoms with E-state index in [1.807, 2.05) is 0 Å². The zero-order valence-electron chi connectivity index (χ0n) is 6.02. The van der Waals surface area contributed by atoms with Crippen LogP contribution in [0.3, 0.4) is 0 Å². The highest BCUT2D eigenvalue weighted by molar-refractivity contribution is 7.12. The van der Waals surface area contributed by atoms with Crippen LogP contribution in [-0.2, 0) is 0 Å². The van der Waals surface area contributed by atoms with Crippen LogP contribution in [0, 0.1) is 0 Å². The number of hydrogen-bond donors (Lipinski definition) is 3. The van der Waals surface area contributed by atoms with E-state index >= 15 is 0 Å². The molecule has 0 aliphatic carbocycles. The van der Waals surface area contributed by atoms with Gasteiger partial charge in [-0.15, -0.1) is 11.3 Å². The molecule has 1 rings (SSSR count). The molecule has 5 N–H and O–H groups in total. The molecule has 0 saturated heterocycles. The van der Waals surface area contributed by atoms with Gasteiger partial charge in [0.05, 0.1) is 4.88 Å². The molecule has 0 atom stereocenters. The van der Waals surface area contributed by atoms with Crippen molar-refractivity contribution in [2.24, 2.45) is 16.6 Å². The summed E-state index contributed by atoms with van der Waals surface area (Å²) >= 11 is 1.15. The van der Waals surface area contributed by atoms with Crippen molar-refractivity contribution in [2.45, 2.75) is 0 Å². The molecule has 0 aliphatic rings. The summed E-state index contributed by atoms with van der Waals surface area (Å²) in [5.41, 5.74) is 10.8. The molecule has 0 saturated carbocycles. The number of amidine groups is 1. The lowest BCUT2D eigenvalue weighted by Crippen LogP contribution is -2.12. The second kappa shape index (κ2) is 3.22. The van der Waals surface area contributed by atoms with Crippen LogP contribution in [0.25, 0.3) is 0 Å². The maximum atomic E-state index is 10.6. The van der Waals surface area contributed by atoms with E-state index in [1.54, 1.807) is 5.38 Å². The van der Waals surface area contributed by atoms with Gasteiger partial charge in [0.25, 0.3) is 5.91 Å². The van der Waals surface area contributed by atoms with Gasteiger partial charge in [-0.05, 0) is 6.07 Å². The maximum Gasteiger partial charge on any atom is 0.258 e. The summed E-state index contributed by atoms with van der Waals surface area (Å²) in [7, 11) is 0. The van der Waals surface area contributed by atoms with Crippen molar-refractivity contribution in [1.82, 2.24) is 0 Å². The monoisotopic (exact) mass is 185 g/mol. The van der Waals surface area contributed by atoms with Gasteiger partial charge in [0.1, 0.15) is 0 Å². The van der Waals surface area contributed by atoms with Crippen molar-refractivity contribution in [3.8, 4) is 0 Å². The Morgan fingerprint density at radius 3 is 2.67 bits per heavy atom. The summed E-state index contributed by atoms with van der Waals surface area (Å²) in [4.78, 5) is 11.0. The lowest BCUT2D eigenvalue weighted by atomic mass is 10.3. The second-order valence-corrected chi connectivity index (χ2v) is 2.96. The number of hydrogen-bond acceptors (Lipinski definition) is 4. The lowest BCUT2D eigenvalue weighted by Gasteiger charge is -1.89. The molecule has 64 valence electrons. The van der Waals surface area contributed by atoms with Crippen molar-refractivity contribution >= 4 is 23.1 Å². The molecule has 5 nitrogen and oxygen atoms in total. The first kappa shape index (κ1) is 8.54. The normalized spacial score (nSPS) is 11.5. The molecule has 12 heavy (non-hydrogen) atoms. The number of amides is 1. The number of rotatable bonds is 2. The summed E-state index contributed by atoms with van der Waals surface area (Å²) in [5.74, 6) is -0.546.